The standard InChI is InChI=1S/C10H19NO4/c1-10(2)7-11-4-8(15-10)5-14-6-9(12)13-3/h8,11H,4-7H2,1-3H3. The molecule has 15 heavy (non-hydrogen) atoms. The molecule has 0 saturated carbocycles. The minimum atomic E-state index is -0.363. The Morgan fingerprint density at radius 3 is 2.93 bits per heavy atom. The van der Waals surface area contributed by atoms with E-state index in [1.54, 1.807) is 0 Å². The van der Waals surface area contributed by atoms with Crippen molar-refractivity contribution in [2.45, 2.75) is 25.6 Å². The number of hydrogen-bond donors (Lipinski definition) is 1. The Morgan fingerprint density at radius 1 is 1.60 bits per heavy atom. The normalized spacial score (nSPS) is 24.9. The molecular weight excluding hydrogens is 198 g/mol. The number of hydrogen-bond acceptors (Lipinski definition) is 5. The lowest BCUT2D eigenvalue weighted by Gasteiger charge is -2.36. The Bertz CT molecular complexity index is 217. The zero-order chi connectivity index (χ0) is 11.3. The van der Waals surface area contributed by atoms with Gasteiger partial charge in [-0.15, -0.1) is 0 Å². The van der Waals surface area contributed by atoms with Gasteiger partial charge in [0.2, 0.25) is 0 Å². The topological polar surface area (TPSA) is 56.8 Å². The number of morpholine rings is 1. The molecule has 1 heterocycles. The summed E-state index contributed by atoms with van der Waals surface area (Å²) in [5.74, 6) is -0.363. The number of rotatable bonds is 4. The second-order valence-corrected chi connectivity index (χ2v) is 4.22. The third-order valence-corrected chi connectivity index (χ3v) is 2.16. The summed E-state index contributed by atoms with van der Waals surface area (Å²) in [6.45, 7) is 6.02. The Morgan fingerprint density at radius 2 is 2.33 bits per heavy atom. The van der Waals surface area contributed by atoms with Crippen LogP contribution in [0.2, 0.25) is 0 Å². The van der Waals surface area contributed by atoms with Crippen LogP contribution >= 0.6 is 0 Å². The van der Waals surface area contributed by atoms with Crippen molar-refractivity contribution < 1.29 is 19.0 Å². The zero-order valence-corrected chi connectivity index (χ0v) is 9.54. The molecule has 0 bridgehead atoms. The molecule has 1 atom stereocenters. The van der Waals surface area contributed by atoms with E-state index >= 15 is 0 Å². The summed E-state index contributed by atoms with van der Waals surface area (Å²) >= 11 is 0. The predicted molar refractivity (Wildman–Crippen MR) is 54.7 cm³/mol. The average molecular weight is 217 g/mol. The van der Waals surface area contributed by atoms with Crippen molar-refractivity contribution in [3.63, 3.8) is 0 Å². The molecule has 1 aliphatic rings. The van der Waals surface area contributed by atoms with Crippen LogP contribution in [0.5, 0.6) is 0 Å². The molecule has 5 nitrogen and oxygen atoms in total. The third kappa shape index (κ3) is 4.59. The highest BCUT2D eigenvalue weighted by molar-refractivity contribution is 5.70. The van der Waals surface area contributed by atoms with Crippen molar-refractivity contribution in [2.24, 2.45) is 0 Å². The molecular formula is C10H19NO4. The van der Waals surface area contributed by atoms with E-state index in [9.17, 15) is 4.79 Å². The predicted octanol–water partition coefficient (Wildman–Crippen LogP) is -0.0570. The maximum absolute atomic E-state index is 10.8. The van der Waals surface area contributed by atoms with E-state index in [-0.39, 0.29) is 24.3 Å². The second kappa shape index (κ2) is 5.44. The second-order valence-electron chi connectivity index (χ2n) is 4.22. The van der Waals surface area contributed by atoms with Crippen LogP contribution < -0.4 is 5.32 Å². The number of nitrogens with one attached hydrogen (secondary N) is 1. The lowest BCUT2D eigenvalue weighted by Crippen LogP contribution is -2.52. The fourth-order valence-electron chi connectivity index (χ4n) is 1.49. The highest BCUT2D eigenvalue weighted by Gasteiger charge is 2.28. The van der Waals surface area contributed by atoms with Crippen LogP contribution in [0.25, 0.3) is 0 Å². The highest BCUT2D eigenvalue weighted by atomic mass is 16.6. The van der Waals surface area contributed by atoms with E-state index in [1.165, 1.54) is 7.11 Å². The van der Waals surface area contributed by atoms with E-state index < -0.39 is 0 Å². The smallest absolute Gasteiger partial charge is 0.331 e. The first-order valence-corrected chi connectivity index (χ1v) is 5.06. The molecule has 0 radical (unpaired) electrons. The molecule has 1 N–H and O–H groups in total. The van der Waals surface area contributed by atoms with Gasteiger partial charge in [0, 0.05) is 13.1 Å². The molecule has 1 saturated heterocycles. The number of methoxy groups -OCH3 is 1. The monoisotopic (exact) mass is 217 g/mol. The van der Waals surface area contributed by atoms with Gasteiger partial charge in [-0.05, 0) is 13.8 Å². The van der Waals surface area contributed by atoms with E-state index in [1.807, 2.05) is 13.8 Å². The van der Waals surface area contributed by atoms with E-state index in [0.29, 0.717) is 6.61 Å². The van der Waals surface area contributed by atoms with Gasteiger partial charge >= 0.3 is 5.97 Å². The maximum atomic E-state index is 10.8. The van der Waals surface area contributed by atoms with Gasteiger partial charge in [0.25, 0.3) is 0 Å². The largest absolute Gasteiger partial charge is 0.467 e. The number of carbonyl (C=O) groups is 1. The molecule has 88 valence electrons. The van der Waals surface area contributed by atoms with E-state index in [4.69, 9.17) is 9.47 Å². The first-order valence-electron chi connectivity index (χ1n) is 5.06. The van der Waals surface area contributed by atoms with Crippen LogP contribution in [0, 0.1) is 0 Å². The summed E-state index contributed by atoms with van der Waals surface area (Å²) in [4.78, 5) is 10.8. The minimum Gasteiger partial charge on any atom is -0.467 e. The molecule has 1 unspecified atom stereocenters. The van der Waals surface area contributed by atoms with Gasteiger partial charge in [0.15, 0.2) is 0 Å². The van der Waals surface area contributed by atoms with Gasteiger partial charge in [-0.3, -0.25) is 0 Å². The number of ether oxygens (including phenoxy) is 3. The molecule has 1 fully saturated rings. The Hall–Kier alpha value is -0.650. The van der Waals surface area contributed by atoms with Crippen molar-refractivity contribution in [2.75, 3.05) is 33.4 Å². The Balaban J connectivity index is 2.18. The van der Waals surface area contributed by atoms with Crippen LogP contribution in [-0.4, -0.2) is 51.1 Å². The summed E-state index contributed by atoms with van der Waals surface area (Å²) in [5, 5.41) is 3.26. The molecule has 0 spiro atoms. The quantitative estimate of drug-likeness (QED) is 0.669. The zero-order valence-electron chi connectivity index (χ0n) is 9.54. The van der Waals surface area contributed by atoms with Gasteiger partial charge < -0.3 is 19.5 Å². The van der Waals surface area contributed by atoms with Crippen molar-refractivity contribution in [3.8, 4) is 0 Å². The number of carbonyl (C=O) groups excluding carboxylic acids is 1. The summed E-state index contributed by atoms with van der Waals surface area (Å²) in [6, 6.07) is 0. The molecule has 1 rings (SSSR count). The number of esters is 1. The molecule has 0 aromatic heterocycles. The van der Waals surface area contributed by atoms with Gasteiger partial charge in [0.1, 0.15) is 6.61 Å². The van der Waals surface area contributed by atoms with Gasteiger partial charge in [-0.25, -0.2) is 4.79 Å². The summed E-state index contributed by atoms with van der Waals surface area (Å²) in [7, 11) is 1.34. The first-order chi connectivity index (χ1) is 7.03. The van der Waals surface area contributed by atoms with E-state index in [2.05, 4.69) is 10.1 Å². The fraction of sp³-hybridized carbons (Fsp3) is 0.900. The molecule has 0 aliphatic carbocycles. The first kappa shape index (κ1) is 12.4. The lowest BCUT2D eigenvalue weighted by molar-refractivity contribution is -0.151. The van der Waals surface area contributed by atoms with E-state index in [0.717, 1.165) is 13.1 Å². The third-order valence-electron chi connectivity index (χ3n) is 2.16. The van der Waals surface area contributed by atoms with Crippen LogP contribution in [0.15, 0.2) is 0 Å². The van der Waals surface area contributed by atoms with Crippen molar-refractivity contribution in [1.82, 2.24) is 5.32 Å². The summed E-state index contributed by atoms with van der Waals surface area (Å²) < 4.78 is 15.4. The maximum Gasteiger partial charge on any atom is 0.331 e. The minimum absolute atomic E-state index is 0.00148. The Labute approximate surface area is 90.1 Å². The lowest BCUT2D eigenvalue weighted by atomic mass is 10.1. The van der Waals surface area contributed by atoms with Gasteiger partial charge in [0.05, 0.1) is 25.4 Å². The van der Waals surface area contributed by atoms with Gasteiger partial charge in [-0.2, -0.15) is 0 Å². The van der Waals surface area contributed by atoms with Crippen LogP contribution in [0.3, 0.4) is 0 Å². The van der Waals surface area contributed by atoms with Crippen LogP contribution in [0.4, 0.5) is 0 Å². The summed E-state index contributed by atoms with van der Waals surface area (Å²) in [5.41, 5.74) is -0.169. The Kier molecular flexibility index (Phi) is 4.50. The SMILES string of the molecule is COC(=O)COCC1CNCC(C)(C)O1. The fourth-order valence-corrected chi connectivity index (χ4v) is 1.49. The summed E-state index contributed by atoms with van der Waals surface area (Å²) in [6.07, 6.45) is -0.00148. The van der Waals surface area contributed by atoms with Gasteiger partial charge in [-0.1, -0.05) is 0 Å². The molecule has 0 aromatic carbocycles. The molecule has 0 aromatic rings. The molecule has 0 amide bonds. The molecule has 1 aliphatic heterocycles. The molecule has 5 heteroatoms. The van der Waals surface area contributed by atoms with Crippen molar-refractivity contribution in [1.29, 1.82) is 0 Å². The average Bonchev–Trinajstić information content (AvgIpc) is 2.16. The highest BCUT2D eigenvalue weighted by Crippen LogP contribution is 2.15. The van der Waals surface area contributed by atoms with Crippen molar-refractivity contribution >= 4 is 5.97 Å². The van der Waals surface area contributed by atoms with Crippen LogP contribution in [0.1, 0.15) is 13.8 Å². The van der Waals surface area contributed by atoms with Crippen LogP contribution in [-0.2, 0) is 19.0 Å². The van der Waals surface area contributed by atoms with Crippen molar-refractivity contribution in [3.05, 3.63) is 0 Å².